The van der Waals surface area contributed by atoms with Crippen molar-refractivity contribution in [2.24, 2.45) is 0 Å². The Labute approximate surface area is 93.4 Å². The molecule has 14 heavy (non-hydrogen) atoms. The van der Waals surface area contributed by atoms with Crippen LogP contribution in [0.1, 0.15) is 0 Å². The lowest BCUT2D eigenvalue weighted by Crippen LogP contribution is -2.33. The summed E-state index contributed by atoms with van der Waals surface area (Å²) in [6.45, 7) is 2.08. The van der Waals surface area contributed by atoms with Gasteiger partial charge >= 0.3 is 0 Å². The summed E-state index contributed by atoms with van der Waals surface area (Å²) in [5, 5.41) is 0.761. The number of hydrogen-bond donors (Lipinski definition) is 1. The minimum atomic E-state index is 0.761. The Kier molecular flexibility index (Phi) is 3.08. The van der Waals surface area contributed by atoms with Crippen molar-refractivity contribution in [1.82, 2.24) is 0 Å². The first-order chi connectivity index (χ1) is 6.79. The second-order valence-electron chi connectivity index (χ2n) is 3.28. The summed E-state index contributed by atoms with van der Waals surface area (Å²) in [5.74, 6) is 2.31. The number of anilines is 2. The van der Waals surface area contributed by atoms with Crippen LogP contribution in [-0.4, -0.2) is 24.6 Å². The van der Waals surface area contributed by atoms with E-state index < -0.39 is 0 Å². The lowest BCUT2D eigenvalue weighted by molar-refractivity contribution is 0.860. The van der Waals surface area contributed by atoms with Gasteiger partial charge in [-0.3, -0.25) is 0 Å². The molecule has 1 heterocycles. The number of nitrogens with two attached hydrogens (primary N) is 1. The van der Waals surface area contributed by atoms with E-state index in [1.807, 2.05) is 30.0 Å². The third kappa shape index (κ3) is 1.93. The number of thioether (sulfide) groups is 1. The summed E-state index contributed by atoms with van der Waals surface area (Å²) >= 11 is 8.11. The van der Waals surface area contributed by atoms with Gasteiger partial charge in [0.25, 0.3) is 0 Å². The molecular formula is C10H13ClN2S. The van der Waals surface area contributed by atoms with E-state index >= 15 is 0 Å². The highest BCUT2D eigenvalue weighted by Gasteiger charge is 2.15. The summed E-state index contributed by atoms with van der Waals surface area (Å²) < 4.78 is 0. The van der Waals surface area contributed by atoms with Crippen LogP contribution < -0.4 is 10.6 Å². The van der Waals surface area contributed by atoms with Gasteiger partial charge in [-0.05, 0) is 12.1 Å². The van der Waals surface area contributed by atoms with Crippen LogP contribution in [0.5, 0.6) is 0 Å². The Morgan fingerprint density at radius 2 is 2.00 bits per heavy atom. The fourth-order valence-corrected chi connectivity index (χ4v) is 2.86. The van der Waals surface area contributed by atoms with E-state index in [-0.39, 0.29) is 0 Å². The van der Waals surface area contributed by atoms with E-state index in [9.17, 15) is 0 Å². The average Bonchev–Trinajstić information content (AvgIpc) is 2.19. The second kappa shape index (κ2) is 4.32. The SMILES string of the molecule is Nc1cccc(Cl)c1N1CCSCC1. The summed E-state index contributed by atoms with van der Waals surface area (Å²) in [6, 6.07) is 5.69. The average molecular weight is 229 g/mol. The van der Waals surface area contributed by atoms with Crippen LogP contribution in [-0.2, 0) is 0 Å². The fourth-order valence-electron chi connectivity index (χ4n) is 1.65. The molecule has 0 aliphatic carbocycles. The van der Waals surface area contributed by atoms with Crippen LogP contribution in [0.15, 0.2) is 18.2 Å². The molecule has 1 aliphatic heterocycles. The highest BCUT2D eigenvalue weighted by atomic mass is 35.5. The topological polar surface area (TPSA) is 29.3 Å². The van der Waals surface area contributed by atoms with Crippen molar-refractivity contribution in [1.29, 1.82) is 0 Å². The number of hydrogen-bond acceptors (Lipinski definition) is 3. The van der Waals surface area contributed by atoms with Gasteiger partial charge in [0.05, 0.1) is 16.4 Å². The molecule has 0 unspecified atom stereocenters. The summed E-state index contributed by atoms with van der Waals surface area (Å²) in [6.07, 6.45) is 0. The van der Waals surface area contributed by atoms with Crippen molar-refractivity contribution < 1.29 is 0 Å². The van der Waals surface area contributed by atoms with Crippen molar-refractivity contribution in [3.8, 4) is 0 Å². The van der Waals surface area contributed by atoms with Gasteiger partial charge in [-0.15, -0.1) is 0 Å². The molecule has 2 rings (SSSR count). The Hall–Kier alpha value is -0.540. The van der Waals surface area contributed by atoms with E-state index in [0.29, 0.717) is 0 Å². The summed E-state index contributed by atoms with van der Waals surface area (Å²) in [7, 11) is 0. The first-order valence-electron chi connectivity index (χ1n) is 4.66. The number of nitrogen functional groups attached to an aromatic ring is 1. The minimum Gasteiger partial charge on any atom is -0.397 e. The normalized spacial score (nSPS) is 17.1. The van der Waals surface area contributed by atoms with E-state index in [2.05, 4.69) is 4.90 Å². The molecule has 0 saturated carbocycles. The first kappa shape index (κ1) is 9.99. The molecule has 2 nitrogen and oxygen atoms in total. The van der Waals surface area contributed by atoms with Gasteiger partial charge in [0, 0.05) is 24.6 Å². The molecule has 2 N–H and O–H groups in total. The largest absolute Gasteiger partial charge is 0.397 e. The van der Waals surface area contributed by atoms with Crippen LogP contribution in [0.4, 0.5) is 11.4 Å². The molecule has 1 aromatic rings. The molecule has 1 aromatic carbocycles. The molecule has 1 fully saturated rings. The Morgan fingerprint density at radius 3 is 2.64 bits per heavy atom. The maximum atomic E-state index is 6.13. The van der Waals surface area contributed by atoms with E-state index in [1.54, 1.807) is 0 Å². The second-order valence-corrected chi connectivity index (χ2v) is 4.91. The van der Waals surface area contributed by atoms with Gasteiger partial charge in [-0.1, -0.05) is 17.7 Å². The number of benzene rings is 1. The quantitative estimate of drug-likeness (QED) is 0.749. The number of rotatable bonds is 1. The van der Waals surface area contributed by atoms with Crippen molar-refractivity contribution in [2.75, 3.05) is 35.2 Å². The smallest absolute Gasteiger partial charge is 0.0789 e. The molecular weight excluding hydrogens is 216 g/mol. The predicted molar refractivity (Wildman–Crippen MR) is 65.4 cm³/mol. The zero-order valence-electron chi connectivity index (χ0n) is 7.87. The maximum Gasteiger partial charge on any atom is 0.0789 e. The third-order valence-corrected chi connectivity index (χ3v) is 3.59. The Morgan fingerprint density at radius 1 is 1.29 bits per heavy atom. The van der Waals surface area contributed by atoms with Gasteiger partial charge in [-0.2, -0.15) is 11.8 Å². The van der Waals surface area contributed by atoms with Gasteiger partial charge in [0.1, 0.15) is 0 Å². The van der Waals surface area contributed by atoms with Crippen molar-refractivity contribution >= 4 is 34.7 Å². The van der Waals surface area contributed by atoms with Crippen LogP contribution in [0.2, 0.25) is 5.02 Å². The molecule has 0 atom stereocenters. The molecule has 1 aliphatic rings. The molecule has 0 spiro atoms. The third-order valence-electron chi connectivity index (χ3n) is 2.35. The number of halogens is 1. The van der Waals surface area contributed by atoms with Gasteiger partial charge in [0.15, 0.2) is 0 Å². The predicted octanol–water partition coefficient (Wildman–Crippen LogP) is 2.48. The van der Waals surface area contributed by atoms with Gasteiger partial charge in [0.2, 0.25) is 0 Å². The number of para-hydroxylation sites is 1. The maximum absolute atomic E-state index is 6.13. The van der Waals surface area contributed by atoms with Crippen LogP contribution in [0.3, 0.4) is 0 Å². The minimum absolute atomic E-state index is 0.761. The molecule has 0 aromatic heterocycles. The summed E-state index contributed by atoms with van der Waals surface area (Å²) in [5.41, 5.74) is 7.71. The molecule has 1 saturated heterocycles. The van der Waals surface area contributed by atoms with Gasteiger partial charge < -0.3 is 10.6 Å². The number of nitrogens with zero attached hydrogens (tertiary/aromatic N) is 1. The molecule has 0 amide bonds. The zero-order chi connectivity index (χ0) is 9.97. The molecule has 0 bridgehead atoms. The van der Waals surface area contributed by atoms with Crippen molar-refractivity contribution in [3.63, 3.8) is 0 Å². The molecule has 76 valence electrons. The Bertz CT molecular complexity index is 304. The monoisotopic (exact) mass is 228 g/mol. The molecule has 4 heteroatoms. The van der Waals surface area contributed by atoms with Crippen molar-refractivity contribution in [2.45, 2.75) is 0 Å². The summed E-state index contributed by atoms with van der Waals surface area (Å²) in [4.78, 5) is 2.27. The lowest BCUT2D eigenvalue weighted by atomic mass is 10.2. The Balaban J connectivity index is 2.29. The van der Waals surface area contributed by atoms with Crippen LogP contribution in [0.25, 0.3) is 0 Å². The van der Waals surface area contributed by atoms with E-state index in [0.717, 1.165) is 41.0 Å². The van der Waals surface area contributed by atoms with Crippen LogP contribution >= 0.6 is 23.4 Å². The van der Waals surface area contributed by atoms with Crippen molar-refractivity contribution in [3.05, 3.63) is 23.2 Å². The lowest BCUT2D eigenvalue weighted by Gasteiger charge is -2.30. The molecule has 0 radical (unpaired) electrons. The highest BCUT2D eigenvalue weighted by molar-refractivity contribution is 7.99. The highest BCUT2D eigenvalue weighted by Crippen LogP contribution is 2.33. The first-order valence-corrected chi connectivity index (χ1v) is 6.19. The standard InChI is InChI=1S/C10H13ClN2S/c11-8-2-1-3-9(12)10(8)13-4-6-14-7-5-13/h1-3H,4-7,12H2. The van der Waals surface area contributed by atoms with Crippen LogP contribution in [0, 0.1) is 0 Å². The van der Waals surface area contributed by atoms with Gasteiger partial charge in [-0.25, -0.2) is 0 Å². The zero-order valence-corrected chi connectivity index (χ0v) is 9.44. The van der Waals surface area contributed by atoms with E-state index in [1.165, 1.54) is 0 Å². The fraction of sp³-hybridized carbons (Fsp3) is 0.400. The van der Waals surface area contributed by atoms with E-state index in [4.69, 9.17) is 17.3 Å².